The van der Waals surface area contributed by atoms with Crippen LogP contribution in [0, 0.1) is 0 Å². The van der Waals surface area contributed by atoms with Crippen LogP contribution in [0.4, 0.5) is 11.4 Å². The molecule has 1 aliphatic heterocycles. The van der Waals surface area contributed by atoms with Gasteiger partial charge in [0.1, 0.15) is 0 Å². The van der Waals surface area contributed by atoms with E-state index in [1.807, 2.05) is 23.1 Å². The molecule has 5 heteroatoms. The Labute approximate surface area is 133 Å². The van der Waals surface area contributed by atoms with Crippen LogP contribution in [0.5, 0.6) is 0 Å². The summed E-state index contributed by atoms with van der Waals surface area (Å²) < 4.78 is 0. The number of carbonyl (C=O) groups excluding carboxylic acids is 1. The van der Waals surface area contributed by atoms with Crippen LogP contribution in [-0.4, -0.2) is 50.6 Å². The molecule has 22 heavy (non-hydrogen) atoms. The van der Waals surface area contributed by atoms with Crippen LogP contribution < -0.4 is 16.0 Å². The first kappa shape index (κ1) is 16.8. The van der Waals surface area contributed by atoms with Crippen molar-refractivity contribution in [1.29, 1.82) is 0 Å². The van der Waals surface area contributed by atoms with E-state index in [4.69, 9.17) is 5.73 Å². The minimum Gasteiger partial charge on any atom is -0.399 e. The van der Waals surface area contributed by atoms with Crippen LogP contribution >= 0.6 is 0 Å². The number of nitrogens with one attached hydrogen (secondary N) is 1. The summed E-state index contributed by atoms with van der Waals surface area (Å²) in [4.78, 5) is 16.6. The Kier molecular flexibility index (Phi) is 6.21. The molecule has 0 fully saturated rings. The van der Waals surface area contributed by atoms with Crippen molar-refractivity contribution in [3.8, 4) is 0 Å². The lowest BCUT2D eigenvalue weighted by atomic mass is 10.0. The first-order valence-electron chi connectivity index (χ1n) is 8.20. The standard InChI is InChI=1S/C17H28N4O/c1-3-20(2)10-5-9-19-13-17(22)21-11-4-6-14-7-8-15(18)12-16(14)21/h7-8,12,19H,3-6,9-11,13,18H2,1-2H3. The van der Waals surface area contributed by atoms with E-state index in [1.54, 1.807) is 0 Å². The van der Waals surface area contributed by atoms with Gasteiger partial charge >= 0.3 is 0 Å². The summed E-state index contributed by atoms with van der Waals surface area (Å²) in [5.74, 6) is 0.135. The minimum atomic E-state index is 0.135. The zero-order chi connectivity index (χ0) is 15.9. The molecule has 0 atom stereocenters. The van der Waals surface area contributed by atoms with Gasteiger partial charge in [-0.15, -0.1) is 0 Å². The third kappa shape index (κ3) is 4.45. The molecule has 1 heterocycles. The van der Waals surface area contributed by atoms with Crippen molar-refractivity contribution in [1.82, 2.24) is 10.2 Å². The number of fused-ring (bicyclic) bond motifs is 1. The number of hydrogen-bond donors (Lipinski definition) is 2. The average Bonchev–Trinajstić information content (AvgIpc) is 2.53. The first-order valence-corrected chi connectivity index (χ1v) is 8.20. The number of benzene rings is 1. The SMILES string of the molecule is CCN(C)CCCNCC(=O)N1CCCc2ccc(N)cc21. The van der Waals surface area contributed by atoms with E-state index in [-0.39, 0.29) is 5.91 Å². The Morgan fingerprint density at radius 1 is 1.45 bits per heavy atom. The minimum absolute atomic E-state index is 0.135. The van der Waals surface area contributed by atoms with Gasteiger partial charge in [0.05, 0.1) is 6.54 Å². The molecule has 1 amide bonds. The zero-order valence-corrected chi connectivity index (χ0v) is 13.8. The van der Waals surface area contributed by atoms with E-state index in [2.05, 4.69) is 24.2 Å². The van der Waals surface area contributed by atoms with Crippen LogP contribution in [-0.2, 0) is 11.2 Å². The van der Waals surface area contributed by atoms with E-state index >= 15 is 0 Å². The number of aryl methyl sites for hydroxylation is 1. The highest BCUT2D eigenvalue weighted by Crippen LogP contribution is 2.29. The van der Waals surface area contributed by atoms with Crippen LogP contribution in [0.2, 0.25) is 0 Å². The fourth-order valence-electron chi connectivity index (χ4n) is 2.77. The number of nitrogens with two attached hydrogens (primary N) is 1. The third-order valence-electron chi connectivity index (χ3n) is 4.24. The molecule has 0 radical (unpaired) electrons. The second kappa shape index (κ2) is 8.15. The molecule has 0 bridgehead atoms. The number of carbonyl (C=O) groups is 1. The highest BCUT2D eigenvalue weighted by Gasteiger charge is 2.22. The van der Waals surface area contributed by atoms with Crippen molar-refractivity contribution in [2.75, 3.05) is 50.4 Å². The van der Waals surface area contributed by atoms with E-state index < -0.39 is 0 Å². The first-order chi connectivity index (χ1) is 10.6. The van der Waals surface area contributed by atoms with Crippen molar-refractivity contribution in [2.24, 2.45) is 0 Å². The van der Waals surface area contributed by atoms with Gasteiger partial charge in [-0.25, -0.2) is 0 Å². The highest BCUT2D eigenvalue weighted by molar-refractivity contribution is 5.96. The van der Waals surface area contributed by atoms with Crippen molar-refractivity contribution in [3.05, 3.63) is 23.8 Å². The molecule has 2 rings (SSSR count). The molecule has 0 aliphatic carbocycles. The molecule has 0 spiro atoms. The van der Waals surface area contributed by atoms with Crippen molar-refractivity contribution < 1.29 is 4.79 Å². The second-order valence-electron chi connectivity index (χ2n) is 5.96. The Morgan fingerprint density at radius 2 is 2.27 bits per heavy atom. The lowest BCUT2D eigenvalue weighted by molar-refractivity contribution is -0.117. The number of anilines is 2. The lowest BCUT2D eigenvalue weighted by Crippen LogP contribution is -2.41. The van der Waals surface area contributed by atoms with Gasteiger partial charge in [-0.1, -0.05) is 13.0 Å². The van der Waals surface area contributed by atoms with Gasteiger partial charge in [0.15, 0.2) is 0 Å². The van der Waals surface area contributed by atoms with Gasteiger partial charge in [-0.05, 0) is 63.6 Å². The summed E-state index contributed by atoms with van der Waals surface area (Å²) in [6, 6.07) is 5.87. The Bertz CT molecular complexity index is 503. The summed E-state index contributed by atoms with van der Waals surface area (Å²) in [6.45, 7) is 6.31. The highest BCUT2D eigenvalue weighted by atomic mass is 16.2. The van der Waals surface area contributed by atoms with Gasteiger partial charge in [0.25, 0.3) is 0 Å². The molecule has 1 aromatic rings. The largest absolute Gasteiger partial charge is 0.399 e. The quantitative estimate of drug-likeness (QED) is 0.592. The summed E-state index contributed by atoms with van der Waals surface area (Å²) in [7, 11) is 2.11. The van der Waals surface area contributed by atoms with Crippen LogP contribution in [0.1, 0.15) is 25.3 Å². The predicted octanol–water partition coefficient (Wildman–Crippen LogP) is 1.48. The van der Waals surface area contributed by atoms with E-state index in [0.29, 0.717) is 12.2 Å². The maximum Gasteiger partial charge on any atom is 0.240 e. The van der Waals surface area contributed by atoms with Gasteiger partial charge in [0, 0.05) is 17.9 Å². The number of nitrogens with zero attached hydrogens (tertiary/aromatic N) is 2. The van der Waals surface area contributed by atoms with Crippen LogP contribution in [0.3, 0.4) is 0 Å². The summed E-state index contributed by atoms with van der Waals surface area (Å²) >= 11 is 0. The summed E-state index contributed by atoms with van der Waals surface area (Å²) in [6.07, 6.45) is 3.10. The number of amides is 1. The molecule has 0 aromatic heterocycles. The van der Waals surface area contributed by atoms with Gasteiger partial charge < -0.3 is 20.9 Å². The Morgan fingerprint density at radius 3 is 3.05 bits per heavy atom. The molecule has 1 aromatic carbocycles. The normalized spacial score (nSPS) is 14.2. The van der Waals surface area contributed by atoms with E-state index in [9.17, 15) is 4.79 Å². The summed E-state index contributed by atoms with van der Waals surface area (Å²) in [5, 5.41) is 3.26. The van der Waals surface area contributed by atoms with Crippen molar-refractivity contribution in [3.63, 3.8) is 0 Å². The molecule has 122 valence electrons. The zero-order valence-electron chi connectivity index (χ0n) is 13.8. The average molecular weight is 304 g/mol. The summed E-state index contributed by atoms with van der Waals surface area (Å²) in [5.41, 5.74) is 8.79. The van der Waals surface area contributed by atoms with Gasteiger partial charge in [-0.2, -0.15) is 0 Å². The van der Waals surface area contributed by atoms with Crippen LogP contribution in [0.25, 0.3) is 0 Å². The molecular weight excluding hydrogens is 276 g/mol. The molecule has 1 aliphatic rings. The van der Waals surface area contributed by atoms with Crippen molar-refractivity contribution in [2.45, 2.75) is 26.2 Å². The Hall–Kier alpha value is -1.59. The maximum atomic E-state index is 12.4. The third-order valence-corrected chi connectivity index (χ3v) is 4.24. The van der Waals surface area contributed by atoms with Crippen LogP contribution in [0.15, 0.2) is 18.2 Å². The lowest BCUT2D eigenvalue weighted by Gasteiger charge is -2.30. The number of rotatable bonds is 7. The predicted molar refractivity (Wildman–Crippen MR) is 92.2 cm³/mol. The molecule has 0 saturated carbocycles. The number of nitrogen functional groups attached to an aromatic ring is 1. The van der Waals surface area contributed by atoms with E-state index in [0.717, 1.165) is 51.1 Å². The maximum absolute atomic E-state index is 12.4. The molecule has 0 saturated heterocycles. The molecule has 3 N–H and O–H groups in total. The molecule has 0 unspecified atom stereocenters. The van der Waals surface area contributed by atoms with Gasteiger partial charge in [0.2, 0.25) is 5.91 Å². The fraction of sp³-hybridized carbons (Fsp3) is 0.588. The fourth-order valence-corrected chi connectivity index (χ4v) is 2.77. The monoisotopic (exact) mass is 304 g/mol. The van der Waals surface area contributed by atoms with Crippen molar-refractivity contribution >= 4 is 17.3 Å². The molecular formula is C17H28N4O. The topological polar surface area (TPSA) is 61.6 Å². The smallest absolute Gasteiger partial charge is 0.240 e. The Balaban J connectivity index is 1.83. The molecule has 5 nitrogen and oxygen atoms in total. The second-order valence-corrected chi connectivity index (χ2v) is 5.96. The van der Waals surface area contributed by atoms with E-state index in [1.165, 1.54) is 5.56 Å². The number of hydrogen-bond acceptors (Lipinski definition) is 4. The van der Waals surface area contributed by atoms with Gasteiger partial charge in [-0.3, -0.25) is 4.79 Å².